The lowest BCUT2D eigenvalue weighted by molar-refractivity contribution is 0.0940. The zero-order chi connectivity index (χ0) is 17.3. The van der Waals surface area contributed by atoms with Gasteiger partial charge in [0.2, 0.25) is 0 Å². The molecule has 1 aliphatic heterocycles. The predicted octanol–water partition coefficient (Wildman–Crippen LogP) is 2.28. The van der Waals surface area contributed by atoms with Crippen LogP contribution < -0.4 is 10.6 Å². The number of carbonyl (C=O) groups is 1. The number of nitrogens with one attached hydrogen (secondary N) is 2. The molecule has 2 aromatic rings. The molecule has 0 saturated carbocycles. The molecule has 0 aliphatic carbocycles. The highest BCUT2D eigenvalue weighted by Crippen LogP contribution is 2.23. The van der Waals surface area contributed by atoms with E-state index >= 15 is 0 Å². The first-order chi connectivity index (χ1) is 11.5. The number of nitrogens with zero attached hydrogens (tertiary/aromatic N) is 4. The van der Waals surface area contributed by atoms with Crippen LogP contribution in [-0.2, 0) is 13.0 Å². The summed E-state index contributed by atoms with van der Waals surface area (Å²) in [7, 11) is 0. The molecule has 0 saturated heterocycles. The zero-order valence-electron chi connectivity index (χ0n) is 14.6. The summed E-state index contributed by atoms with van der Waals surface area (Å²) in [6.07, 6.45) is 4.63. The van der Waals surface area contributed by atoms with Crippen LogP contribution in [0.15, 0.2) is 12.4 Å². The summed E-state index contributed by atoms with van der Waals surface area (Å²) in [5, 5.41) is 10.6. The fraction of sp³-hybridized carbons (Fsp3) is 0.529. The molecule has 2 aromatic heterocycles. The molecular weight excluding hydrogens is 304 g/mol. The summed E-state index contributed by atoms with van der Waals surface area (Å²) in [6.45, 7) is 9.49. The number of aromatic nitrogens is 4. The van der Waals surface area contributed by atoms with E-state index in [9.17, 15) is 4.79 Å². The summed E-state index contributed by atoms with van der Waals surface area (Å²) >= 11 is 0. The molecule has 1 amide bonds. The van der Waals surface area contributed by atoms with Gasteiger partial charge in [-0.3, -0.25) is 9.48 Å². The summed E-state index contributed by atoms with van der Waals surface area (Å²) < 4.78 is 1.93. The topological polar surface area (TPSA) is 84.7 Å². The van der Waals surface area contributed by atoms with Gasteiger partial charge < -0.3 is 10.6 Å². The number of anilines is 1. The van der Waals surface area contributed by atoms with Crippen LogP contribution in [0.25, 0.3) is 0 Å². The average molecular weight is 328 g/mol. The molecule has 2 N–H and O–H groups in total. The quantitative estimate of drug-likeness (QED) is 0.879. The van der Waals surface area contributed by atoms with E-state index in [1.54, 1.807) is 0 Å². The minimum absolute atomic E-state index is 0.115. The molecule has 1 aliphatic rings. The van der Waals surface area contributed by atoms with E-state index in [4.69, 9.17) is 0 Å². The Balaban J connectivity index is 1.87. The summed E-state index contributed by atoms with van der Waals surface area (Å²) in [6, 6.07) is 0.335. The standard InChI is InChI=1S/C17H24N6O/c1-10(2)15-21-14-13(5-6-18-17(14)24)16(22-15)19-7-12-8-20-23(9-12)11(3)4/h8-11H,5-7H2,1-4H3,(H,18,24)(H,19,21,22). The monoisotopic (exact) mass is 328 g/mol. The van der Waals surface area contributed by atoms with Gasteiger partial charge in [-0.05, 0) is 20.3 Å². The number of amides is 1. The summed E-state index contributed by atoms with van der Waals surface area (Å²) in [5.74, 6) is 1.49. The Bertz CT molecular complexity index is 750. The van der Waals surface area contributed by atoms with Gasteiger partial charge in [-0.2, -0.15) is 5.10 Å². The Labute approximate surface area is 141 Å². The zero-order valence-corrected chi connectivity index (χ0v) is 14.6. The first kappa shape index (κ1) is 16.4. The van der Waals surface area contributed by atoms with Crippen molar-refractivity contribution in [1.82, 2.24) is 25.1 Å². The first-order valence-corrected chi connectivity index (χ1v) is 8.41. The molecule has 7 nitrogen and oxygen atoms in total. The van der Waals surface area contributed by atoms with Gasteiger partial charge in [0.05, 0.1) is 6.20 Å². The third-order valence-corrected chi connectivity index (χ3v) is 4.06. The molecule has 3 heterocycles. The van der Waals surface area contributed by atoms with Crippen molar-refractivity contribution in [2.75, 3.05) is 11.9 Å². The number of hydrogen-bond acceptors (Lipinski definition) is 5. The Hall–Kier alpha value is -2.44. The molecule has 0 radical (unpaired) electrons. The van der Waals surface area contributed by atoms with Crippen LogP contribution in [0.2, 0.25) is 0 Å². The SMILES string of the molecule is CC(C)c1nc(NCc2cnn(C(C)C)c2)c2c(n1)C(=O)NCC2. The second-order valence-corrected chi connectivity index (χ2v) is 6.69. The highest BCUT2D eigenvalue weighted by molar-refractivity contribution is 5.96. The third kappa shape index (κ3) is 3.25. The van der Waals surface area contributed by atoms with Gasteiger partial charge in [0.1, 0.15) is 17.3 Å². The van der Waals surface area contributed by atoms with Gasteiger partial charge in [0.15, 0.2) is 0 Å². The molecule has 0 bridgehead atoms. The number of carbonyl (C=O) groups excluding carboxylic acids is 1. The van der Waals surface area contributed by atoms with Crippen molar-refractivity contribution < 1.29 is 4.79 Å². The van der Waals surface area contributed by atoms with E-state index in [0.717, 1.165) is 23.4 Å². The van der Waals surface area contributed by atoms with Crippen LogP contribution in [-0.4, -0.2) is 32.2 Å². The Morgan fingerprint density at radius 2 is 2.08 bits per heavy atom. The van der Waals surface area contributed by atoms with Crippen LogP contribution in [0.1, 0.15) is 67.1 Å². The van der Waals surface area contributed by atoms with E-state index in [0.29, 0.717) is 30.6 Å². The van der Waals surface area contributed by atoms with Gasteiger partial charge in [0, 0.05) is 42.4 Å². The van der Waals surface area contributed by atoms with Crippen molar-refractivity contribution in [1.29, 1.82) is 0 Å². The summed E-state index contributed by atoms with van der Waals surface area (Å²) in [5.41, 5.74) is 2.49. The van der Waals surface area contributed by atoms with Crippen molar-refractivity contribution >= 4 is 11.7 Å². The van der Waals surface area contributed by atoms with Crippen LogP contribution in [0, 0.1) is 0 Å². The molecule has 128 valence electrons. The maximum absolute atomic E-state index is 12.1. The fourth-order valence-electron chi connectivity index (χ4n) is 2.65. The minimum Gasteiger partial charge on any atom is -0.366 e. The Kier molecular flexibility index (Phi) is 4.51. The largest absolute Gasteiger partial charge is 0.366 e. The number of rotatable bonds is 5. The highest BCUT2D eigenvalue weighted by atomic mass is 16.1. The lowest BCUT2D eigenvalue weighted by atomic mass is 10.1. The molecule has 24 heavy (non-hydrogen) atoms. The molecule has 0 fully saturated rings. The van der Waals surface area contributed by atoms with Crippen LogP contribution in [0.4, 0.5) is 5.82 Å². The predicted molar refractivity (Wildman–Crippen MR) is 92.1 cm³/mol. The van der Waals surface area contributed by atoms with Gasteiger partial charge >= 0.3 is 0 Å². The second kappa shape index (κ2) is 6.59. The van der Waals surface area contributed by atoms with E-state index in [1.807, 2.05) is 30.9 Å². The molecule has 7 heteroatoms. The van der Waals surface area contributed by atoms with Crippen LogP contribution >= 0.6 is 0 Å². The Morgan fingerprint density at radius 3 is 2.75 bits per heavy atom. The van der Waals surface area contributed by atoms with Crippen molar-refractivity contribution in [2.24, 2.45) is 0 Å². The lowest BCUT2D eigenvalue weighted by Crippen LogP contribution is -2.34. The molecule has 0 atom stereocenters. The normalized spacial score (nSPS) is 14.0. The second-order valence-electron chi connectivity index (χ2n) is 6.69. The molecule has 0 unspecified atom stereocenters. The third-order valence-electron chi connectivity index (χ3n) is 4.06. The molecule has 3 rings (SSSR count). The van der Waals surface area contributed by atoms with Crippen LogP contribution in [0.5, 0.6) is 0 Å². The maximum atomic E-state index is 12.1. The maximum Gasteiger partial charge on any atom is 0.270 e. The molecular formula is C17H24N6O. The fourth-order valence-corrected chi connectivity index (χ4v) is 2.65. The van der Waals surface area contributed by atoms with E-state index in [-0.39, 0.29) is 11.8 Å². The van der Waals surface area contributed by atoms with Gasteiger partial charge in [-0.1, -0.05) is 13.8 Å². The highest BCUT2D eigenvalue weighted by Gasteiger charge is 2.24. The number of fused-ring (bicyclic) bond motifs is 1. The van der Waals surface area contributed by atoms with Crippen molar-refractivity contribution in [3.8, 4) is 0 Å². The lowest BCUT2D eigenvalue weighted by Gasteiger charge is -2.20. The van der Waals surface area contributed by atoms with Gasteiger partial charge in [0.25, 0.3) is 5.91 Å². The summed E-state index contributed by atoms with van der Waals surface area (Å²) in [4.78, 5) is 21.2. The van der Waals surface area contributed by atoms with Gasteiger partial charge in [-0.15, -0.1) is 0 Å². The smallest absolute Gasteiger partial charge is 0.270 e. The van der Waals surface area contributed by atoms with Crippen molar-refractivity contribution in [2.45, 2.75) is 52.6 Å². The molecule has 0 aromatic carbocycles. The van der Waals surface area contributed by atoms with E-state index < -0.39 is 0 Å². The average Bonchev–Trinajstić information content (AvgIpc) is 3.02. The van der Waals surface area contributed by atoms with Crippen LogP contribution in [0.3, 0.4) is 0 Å². The molecule has 0 spiro atoms. The van der Waals surface area contributed by atoms with E-state index in [2.05, 4.69) is 39.5 Å². The Morgan fingerprint density at radius 1 is 1.29 bits per heavy atom. The van der Waals surface area contributed by atoms with Crippen molar-refractivity contribution in [3.63, 3.8) is 0 Å². The van der Waals surface area contributed by atoms with Gasteiger partial charge in [-0.25, -0.2) is 9.97 Å². The first-order valence-electron chi connectivity index (χ1n) is 8.41. The minimum atomic E-state index is -0.115. The van der Waals surface area contributed by atoms with Crippen molar-refractivity contribution in [3.05, 3.63) is 35.0 Å². The number of hydrogen-bond donors (Lipinski definition) is 2. The van der Waals surface area contributed by atoms with E-state index in [1.165, 1.54) is 0 Å².